The predicted molar refractivity (Wildman–Crippen MR) is 133 cm³/mol. The number of rotatable bonds is 7. The Balaban J connectivity index is 1.34. The minimum absolute atomic E-state index is 0.119. The smallest absolute Gasteiger partial charge is 0.263 e. The molecule has 2 aromatic heterocycles. The fourth-order valence-corrected chi connectivity index (χ4v) is 4.49. The first kappa shape index (κ1) is 24.2. The summed E-state index contributed by atoms with van der Waals surface area (Å²) < 4.78 is 28.3. The first-order valence-electron chi connectivity index (χ1n) is 11.7. The van der Waals surface area contributed by atoms with E-state index in [9.17, 15) is 28.0 Å². The van der Waals surface area contributed by atoms with Crippen LogP contribution < -0.4 is 10.9 Å². The van der Waals surface area contributed by atoms with Gasteiger partial charge in [0.25, 0.3) is 5.56 Å². The zero-order valence-electron chi connectivity index (χ0n) is 19.6. The number of anilines is 1. The van der Waals surface area contributed by atoms with E-state index in [1.807, 2.05) is 0 Å². The van der Waals surface area contributed by atoms with Crippen molar-refractivity contribution in [3.63, 3.8) is 0 Å². The fourth-order valence-electron chi connectivity index (χ4n) is 4.49. The Labute approximate surface area is 209 Å². The van der Waals surface area contributed by atoms with E-state index in [4.69, 9.17) is 0 Å². The quantitative estimate of drug-likeness (QED) is 0.386. The number of hydrogen-bond donors (Lipinski definition) is 1. The van der Waals surface area contributed by atoms with E-state index in [0.29, 0.717) is 35.1 Å². The third-order valence-corrected chi connectivity index (χ3v) is 6.32. The van der Waals surface area contributed by atoms with Crippen LogP contribution in [0.25, 0.3) is 11.0 Å². The van der Waals surface area contributed by atoms with Crippen LogP contribution in [0, 0.1) is 11.6 Å². The number of nitrogens with one attached hydrogen (secondary N) is 1. The summed E-state index contributed by atoms with van der Waals surface area (Å²) in [5, 5.41) is 3.25. The molecule has 4 aromatic rings. The summed E-state index contributed by atoms with van der Waals surface area (Å²) in [7, 11) is 0. The highest BCUT2D eigenvalue weighted by Crippen LogP contribution is 2.23. The van der Waals surface area contributed by atoms with Crippen LogP contribution in [0.15, 0.2) is 65.6 Å². The van der Waals surface area contributed by atoms with Gasteiger partial charge in [-0.2, -0.15) is 0 Å². The average Bonchev–Trinajstić information content (AvgIpc) is 3.25. The van der Waals surface area contributed by atoms with E-state index >= 15 is 0 Å². The molecule has 186 valence electrons. The summed E-state index contributed by atoms with van der Waals surface area (Å²) in [5.74, 6) is -2.85. The molecule has 0 unspecified atom stereocenters. The summed E-state index contributed by atoms with van der Waals surface area (Å²) in [4.78, 5) is 54.6. The lowest BCUT2D eigenvalue weighted by Crippen LogP contribution is -2.28. The molecule has 1 aliphatic carbocycles. The lowest BCUT2D eigenvalue weighted by atomic mass is 10.1. The highest BCUT2D eigenvalue weighted by Gasteiger charge is 2.20. The van der Waals surface area contributed by atoms with Crippen molar-refractivity contribution in [1.82, 2.24) is 9.55 Å². The van der Waals surface area contributed by atoms with Crippen molar-refractivity contribution >= 4 is 34.2 Å². The molecule has 0 aliphatic heterocycles. The van der Waals surface area contributed by atoms with Crippen molar-refractivity contribution in [3.8, 4) is 0 Å². The molecule has 0 atom stereocenters. The molecule has 0 saturated heterocycles. The number of hydrogen-bond acceptors (Lipinski definition) is 5. The van der Waals surface area contributed by atoms with Crippen LogP contribution in [0.2, 0.25) is 0 Å². The van der Waals surface area contributed by atoms with Gasteiger partial charge in [-0.05, 0) is 59.2 Å². The number of amides is 1. The second-order valence-electron chi connectivity index (χ2n) is 8.96. The lowest BCUT2D eigenvalue weighted by molar-refractivity contribution is -0.117. The number of carbonyl (C=O) groups excluding carboxylic acids is 3. The summed E-state index contributed by atoms with van der Waals surface area (Å²) in [5.41, 5.74) is 2.23. The average molecular weight is 501 g/mol. The Morgan fingerprint density at radius 3 is 2.54 bits per heavy atom. The van der Waals surface area contributed by atoms with Crippen molar-refractivity contribution < 1.29 is 23.2 Å². The van der Waals surface area contributed by atoms with E-state index in [1.54, 1.807) is 30.3 Å². The van der Waals surface area contributed by atoms with Gasteiger partial charge in [0.1, 0.15) is 11.4 Å². The third-order valence-electron chi connectivity index (χ3n) is 6.32. The summed E-state index contributed by atoms with van der Waals surface area (Å²) >= 11 is 0. The fraction of sp³-hybridized carbons (Fsp3) is 0.179. The van der Waals surface area contributed by atoms with Gasteiger partial charge in [-0.15, -0.1) is 0 Å². The number of Topliss-reactive ketones (excluding diaryl/α,β-unsaturated/α-hetero) is 2. The van der Waals surface area contributed by atoms with Gasteiger partial charge in [0.2, 0.25) is 5.91 Å². The molecular formula is C28H21F2N3O4. The van der Waals surface area contributed by atoms with Gasteiger partial charge in [-0.3, -0.25) is 23.7 Å². The van der Waals surface area contributed by atoms with Gasteiger partial charge >= 0.3 is 0 Å². The molecular weight excluding hydrogens is 480 g/mol. The van der Waals surface area contributed by atoms with Gasteiger partial charge in [0.15, 0.2) is 17.4 Å². The van der Waals surface area contributed by atoms with Crippen LogP contribution >= 0.6 is 0 Å². The minimum Gasteiger partial charge on any atom is -0.326 e. The number of nitrogens with zero attached hydrogens (tertiary/aromatic N) is 2. The summed E-state index contributed by atoms with van der Waals surface area (Å²) in [6.45, 7) is -0.119. The van der Waals surface area contributed by atoms with Crippen LogP contribution in [0.1, 0.15) is 39.9 Å². The maximum absolute atomic E-state index is 13.7. The molecule has 2 heterocycles. The van der Waals surface area contributed by atoms with Gasteiger partial charge < -0.3 is 5.32 Å². The molecule has 1 amide bonds. The number of pyridine rings is 2. The molecule has 5 rings (SSSR count). The first-order chi connectivity index (χ1) is 17.8. The van der Waals surface area contributed by atoms with Crippen LogP contribution in [0.3, 0.4) is 0 Å². The van der Waals surface area contributed by atoms with Crippen molar-refractivity contribution in [1.29, 1.82) is 0 Å². The number of ketones is 2. The number of carbonyl (C=O) groups is 3. The monoisotopic (exact) mass is 501 g/mol. The van der Waals surface area contributed by atoms with E-state index in [-0.39, 0.29) is 30.7 Å². The maximum Gasteiger partial charge on any atom is 0.263 e. The van der Waals surface area contributed by atoms with Crippen molar-refractivity contribution in [3.05, 3.63) is 105 Å². The highest BCUT2D eigenvalue weighted by molar-refractivity contribution is 6.01. The Morgan fingerprint density at radius 2 is 1.73 bits per heavy atom. The molecule has 0 bridgehead atoms. The first-order valence-corrected chi connectivity index (χ1v) is 11.7. The van der Waals surface area contributed by atoms with E-state index < -0.39 is 28.9 Å². The zero-order chi connectivity index (χ0) is 26.1. The molecule has 0 radical (unpaired) electrons. The van der Waals surface area contributed by atoms with Crippen LogP contribution in [-0.2, 0) is 29.0 Å². The summed E-state index contributed by atoms with van der Waals surface area (Å²) in [6.07, 6.45) is 1.87. The third kappa shape index (κ3) is 5.06. The van der Waals surface area contributed by atoms with E-state index in [1.165, 1.54) is 22.9 Å². The van der Waals surface area contributed by atoms with Crippen LogP contribution in [0.4, 0.5) is 14.5 Å². The molecule has 9 heteroatoms. The minimum atomic E-state index is -1.05. The second-order valence-corrected chi connectivity index (χ2v) is 8.96. The molecule has 0 spiro atoms. The Hall–Kier alpha value is -4.53. The van der Waals surface area contributed by atoms with Crippen LogP contribution in [0.5, 0.6) is 0 Å². The highest BCUT2D eigenvalue weighted by atomic mass is 19.2. The molecule has 0 saturated carbocycles. The Kier molecular flexibility index (Phi) is 6.43. The Morgan fingerprint density at radius 1 is 0.919 bits per heavy atom. The topological polar surface area (TPSA) is 98.1 Å². The molecule has 7 nitrogen and oxygen atoms in total. The maximum atomic E-state index is 13.7. The van der Waals surface area contributed by atoms with Gasteiger partial charge in [-0.25, -0.2) is 13.8 Å². The molecule has 2 aromatic carbocycles. The predicted octanol–water partition coefficient (Wildman–Crippen LogP) is 3.99. The molecule has 1 aliphatic rings. The van der Waals surface area contributed by atoms with Crippen molar-refractivity contribution in [2.75, 3.05) is 5.32 Å². The van der Waals surface area contributed by atoms with Crippen molar-refractivity contribution in [2.24, 2.45) is 0 Å². The summed E-state index contributed by atoms with van der Waals surface area (Å²) in [6, 6.07) is 13.4. The van der Waals surface area contributed by atoms with Gasteiger partial charge in [0.05, 0.1) is 12.1 Å². The van der Waals surface area contributed by atoms with Gasteiger partial charge in [-0.1, -0.05) is 12.1 Å². The van der Waals surface area contributed by atoms with E-state index in [0.717, 1.165) is 23.3 Å². The van der Waals surface area contributed by atoms with Crippen molar-refractivity contribution in [2.45, 2.75) is 32.2 Å². The molecule has 1 N–H and O–H groups in total. The molecule has 0 fully saturated rings. The largest absolute Gasteiger partial charge is 0.326 e. The SMILES string of the molecule is O=C1Cc2ccc(NC(=O)CCC(=O)c3cc4cccnc4n(Cc4ccc(F)c(F)c4)c3=O)cc2C1. The number of benzene rings is 2. The normalized spacial score (nSPS) is 12.5. The Bertz CT molecular complexity index is 1640. The van der Waals surface area contributed by atoms with Gasteiger partial charge in [0, 0.05) is 43.0 Å². The zero-order valence-corrected chi connectivity index (χ0v) is 19.6. The standard InChI is InChI=1S/C28H21F2N3O4/c29-23-6-3-16(10-24(23)30)15-33-27-18(2-1-9-31-27)14-22(28(33)37)25(35)7-8-26(36)32-20-5-4-17-12-21(34)13-19(17)11-20/h1-6,9-11,14H,7-8,12-13,15H2,(H,32,36). The number of halogens is 2. The lowest BCUT2D eigenvalue weighted by Gasteiger charge is -2.12. The second kappa shape index (κ2) is 9.85. The number of fused-ring (bicyclic) bond motifs is 2. The van der Waals surface area contributed by atoms with Crippen LogP contribution in [-0.4, -0.2) is 27.0 Å². The number of aromatic nitrogens is 2. The van der Waals surface area contributed by atoms with E-state index in [2.05, 4.69) is 10.3 Å². The molecule has 37 heavy (non-hydrogen) atoms.